The molecule has 0 bridgehead atoms. The molecule has 1 fully saturated rings. The highest BCUT2D eigenvalue weighted by molar-refractivity contribution is 6.22. The molecule has 6 nitrogen and oxygen atoms in total. The monoisotopic (exact) mass is 382 g/mol. The third-order valence-electron chi connectivity index (χ3n) is 4.75. The van der Waals surface area contributed by atoms with Crippen molar-refractivity contribution in [2.24, 2.45) is 0 Å². The Balaban J connectivity index is 1.75. The number of rotatable bonds is 9. The van der Waals surface area contributed by atoms with Crippen LogP contribution in [-0.4, -0.2) is 47.6 Å². The first-order chi connectivity index (χ1) is 13.6. The molecule has 3 rings (SSSR count). The van der Waals surface area contributed by atoms with Gasteiger partial charge in [0.2, 0.25) is 5.91 Å². The van der Waals surface area contributed by atoms with Crippen LogP contribution in [-0.2, 0) is 16.1 Å². The molecule has 2 aromatic rings. The van der Waals surface area contributed by atoms with Crippen molar-refractivity contribution >= 4 is 17.5 Å². The van der Waals surface area contributed by atoms with Crippen LogP contribution in [0.1, 0.15) is 25.3 Å². The molecule has 1 aliphatic rings. The fourth-order valence-corrected chi connectivity index (χ4v) is 3.38. The van der Waals surface area contributed by atoms with Gasteiger partial charge in [-0.3, -0.25) is 14.5 Å². The summed E-state index contributed by atoms with van der Waals surface area (Å²) in [6, 6.07) is 16.2. The zero-order valence-corrected chi connectivity index (χ0v) is 16.1. The van der Waals surface area contributed by atoms with E-state index in [9.17, 15) is 14.7 Å². The molecule has 6 heteroatoms. The standard InChI is InChI=1S/C22H26N2O4/c1-2-14-28-19-10-8-18(9-11-19)24-21(26)15-20(22(24)27)23(12-13-25)16-17-6-4-3-5-7-17/h3-11,20,25H,2,12-16H2,1H3. The van der Waals surface area contributed by atoms with Crippen molar-refractivity contribution in [1.82, 2.24) is 4.90 Å². The number of nitrogens with zero attached hydrogens (tertiary/aromatic N) is 2. The number of imide groups is 1. The molecule has 1 saturated heterocycles. The van der Waals surface area contributed by atoms with Crippen LogP contribution in [0.2, 0.25) is 0 Å². The summed E-state index contributed by atoms with van der Waals surface area (Å²) in [4.78, 5) is 28.7. The van der Waals surface area contributed by atoms with E-state index in [0.29, 0.717) is 31.1 Å². The highest BCUT2D eigenvalue weighted by Crippen LogP contribution is 2.28. The minimum atomic E-state index is -0.573. The Morgan fingerprint density at radius 2 is 1.82 bits per heavy atom. The molecule has 0 saturated carbocycles. The van der Waals surface area contributed by atoms with Crippen molar-refractivity contribution in [2.45, 2.75) is 32.4 Å². The van der Waals surface area contributed by atoms with Gasteiger partial charge in [-0.05, 0) is 36.2 Å². The highest BCUT2D eigenvalue weighted by atomic mass is 16.5. The lowest BCUT2D eigenvalue weighted by Crippen LogP contribution is -2.43. The van der Waals surface area contributed by atoms with Gasteiger partial charge in [-0.2, -0.15) is 0 Å². The molecule has 1 unspecified atom stereocenters. The Morgan fingerprint density at radius 1 is 1.11 bits per heavy atom. The van der Waals surface area contributed by atoms with Gasteiger partial charge in [0.25, 0.3) is 5.91 Å². The first-order valence-electron chi connectivity index (χ1n) is 9.62. The molecule has 148 valence electrons. The van der Waals surface area contributed by atoms with Crippen LogP contribution in [0.5, 0.6) is 5.75 Å². The Hall–Kier alpha value is -2.70. The molecule has 1 aliphatic heterocycles. The van der Waals surface area contributed by atoms with E-state index in [2.05, 4.69) is 0 Å². The van der Waals surface area contributed by atoms with E-state index < -0.39 is 6.04 Å². The Morgan fingerprint density at radius 3 is 2.46 bits per heavy atom. The molecule has 2 aromatic carbocycles. The lowest BCUT2D eigenvalue weighted by atomic mass is 10.1. The molecule has 1 heterocycles. The molecule has 0 aliphatic carbocycles. The van der Waals surface area contributed by atoms with Crippen molar-refractivity contribution in [2.75, 3.05) is 24.7 Å². The number of ether oxygens (including phenoxy) is 1. The van der Waals surface area contributed by atoms with Crippen LogP contribution in [0.25, 0.3) is 0 Å². The number of carbonyl (C=O) groups excluding carboxylic acids is 2. The van der Waals surface area contributed by atoms with Crippen LogP contribution < -0.4 is 9.64 Å². The number of amides is 2. The van der Waals surface area contributed by atoms with Gasteiger partial charge in [0.15, 0.2) is 0 Å². The first-order valence-corrected chi connectivity index (χ1v) is 9.62. The summed E-state index contributed by atoms with van der Waals surface area (Å²) < 4.78 is 5.56. The fraction of sp³-hybridized carbons (Fsp3) is 0.364. The molecule has 28 heavy (non-hydrogen) atoms. The largest absolute Gasteiger partial charge is 0.494 e. The third-order valence-corrected chi connectivity index (χ3v) is 4.75. The summed E-state index contributed by atoms with van der Waals surface area (Å²) in [7, 11) is 0. The quantitative estimate of drug-likeness (QED) is 0.675. The van der Waals surface area contributed by atoms with E-state index in [1.54, 1.807) is 24.3 Å². The second kappa shape index (κ2) is 9.48. The second-order valence-corrected chi connectivity index (χ2v) is 6.81. The van der Waals surface area contributed by atoms with Crippen molar-refractivity contribution in [1.29, 1.82) is 0 Å². The number of aliphatic hydroxyl groups is 1. The highest BCUT2D eigenvalue weighted by Gasteiger charge is 2.42. The maximum atomic E-state index is 13.0. The van der Waals surface area contributed by atoms with Gasteiger partial charge >= 0.3 is 0 Å². The number of carbonyl (C=O) groups is 2. The van der Waals surface area contributed by atoms with E-state index in [1.165, 1.54) is 4.90 Å². The number of benzene rings is 2. The summed E-state index contributed by atoms with van der Waals surface area (Å²) in [6.45, 7) is 3.41. The van der Waals surface area contributed by atoms with Gasteiger partial charge in [-0.15, -0.1) is 0 Å². The van der Waals surface area contributed by atoms with Crippen LogP contribution >= 0.6 is 0 Å². The normalized spacial score (nSPS) is 16.8. The van der Waals surface area contributed by atoms with E-state index in [4.69, 9.17) is 4.74 Å². The van der Waals surface area contributed by atoms with E-state index in [-0.39, 0.29) is 24.8 Å². The summed E-state index contributed by atoms with van der Waals surface area (Å²) in [5.41, 5.74) is 1.58. The van der Waals surface area contributed by atoms with Gasteiger partial charge in [0.05, 0.1) is 31.4 Å². The average Bonchev–Trinajstić information content (AvgIpc) is 3.01. The molecule has 0 radical (unpaired) electrons. The van der Waals surface area contributed by atoms with Crippen molar-refractivity contribution in [3.05, 3.63) is 60.2 Å². The van der Waals surface area contributed by atoms with Gasteiger partial charge in [-0.25, -0.2) is 4.90 Å². The van der Waals surface area contributed by atoms with Crippen molar-refractivity contribution < 1.29 is 19.4 Å². The van der Waals surface area contributed by atoms with E-state index in [1.807, 2.05) is 42.2 Å². The van der Waals surface area contributed by atoms with Crippen molar-refractivity contribution in [3.63, 3.8) is 0 Å². The predicted molar refractivity (Wildman–Crippen MR) is 107 cm³/mol. The zero-order valence-electron chi connectivity index (χ0n) is 16.1. The SMILES string of the molecule is CCCOc1ccc(N2C(=O)CC(N(CCO)Cc3ccccc3)C2=O)cc1. The Kier molecular flexibility index (Phi) is 6.79. The van der Waals surface area contributed by atoms with Crippen LogP contribution in [0.3, 0.4) is 0 Å². The van der Waals surface area contributed by atoms with E-state index >= 15 is 0 Å². The summed E-state index contributed by atoms with van der Waals surface area (Å²) in [6.07, 6.45) is 1.02. The Bertz CT molecular complexity index is 792. The molecule has 1 atom stereocenters. The topological polar surface area (TPSA) is 70.1 Å². The molecular weight excluding hydrogens is 356 g/mol. The summed E-state index contributed by atoms with van der Waals surface area (Å²) in [5, 5.41) is 9.45. The van der Waals surface area contributed by atoms with Gasteiger partial charge < -0.3 is 9.84 Å². The van der Waals surface area contributed by atoms with Crippen molar-refractivity contribution in [3.8, 4) is 5.75 Å². The molecule has 0 spiro atoms. The second-order valence-electron chi connectivity index (χ2n) is 6.81. The number of anilines is 1. The average molecular weight is 382 g/mol. The van der Waals surface area contributed by atoms with E-state index in [0.717, 1.165) is 12.0 Å². The van der Waals surface area contributed by atoms with Gasteiger partial charge in [0, 0.05) is 13.1 Å². The van der Waals surface area contributed by atoms with Crippen LogP contribution in [0, 0.1) is 0 Å². The fourth-order valence-electron chi connectivity index (χ4n) is 3.38. The van der Waals surface area contributed by atoms with Gasteiger partial charge in [0.1, 0.15) is 5.75 Å². The molecule has 1 N–H and O–H groups in total. The number of hydrogen-bond acceptors (Lipinski definition) is 5. The predicted octanol–water partition coefficient (Wildman–Crippen LogP) is 2.60. The molecular formula is C22H26N2O4. The maximum Gasteiger partial charge on any atom is 0.251 e. The number of aliphatic hydroxyl groups excluding tert-OH is 1. The third kappa shape index (κ3) is 4.58. The van der Waals surface area contributed by atoms with Gasteiger partial charge in [-0.1, -0.05) is 37.3 Å². The maximum absolute atomic E-state index is 13.0. The minimum absolute atomic E-state index is 0.0751. The zero-order chi connectivity index (χ0) is 19.9. The molecule has 0 aromatic heterocycles. The lowest BCUT2D eigenvalue weighted by molar-refractivity contribution is -0.123. The lowest BCUT2D eigenvalue weighted by Gasteiger charge is -2.26. The van der Waals surface area contributed by atoms with Crippen LogP contribution in [0.4, 0.5) is 5.69 Å². The smallest absolute Gasteiger partial charge is 0.251 e. The number of hydrogen-bond donors (Lipinski definition) is 1. The molecule has 2 amide bonds. The first kappa shape index (κ1) is 20.0. The summed E-state index contributed by atoms with van der Waals surface area (Å²) in [5.74, 6) is 0.233. The van der Waals surface area contributed by atoms with Crippen LogP contribution in [0.15, 0.2) is 54.6 Å². The minimum Gasteiger partial charge on any atom is -0.494 e. The Labute approximate surface area is 165 Å². The summed E-state index contributed by atoms with van der Waals surface area (Å²) >= 11 is 0.